The second-order valence-corrected chi connectivity index (χ2v) is 11.1. The van der Waals surface area contributed by atoms with Crippen molar-refractivity contribution in [3.8, 4) is 0 Å². The Bertz CT molecular complexity index is 1390. The van der Waals surface area contributed by atoms with Gasteiger partial charge in [-0.15, -0.1) is 0 Å². The third-order valence-corrected chi connectivity index (χ3v) is 7.94. The van der Waals surface area contributed by atoms with E-state index in [0.29, 0.717) is 25.2 Å². The molecule has 4 rings (SSSR count). The predicted molar refractivity (Wildman–Crippen MR) is 137 cm³/mol. The van der Waals surface area contributed by atoms with Crippen LogP contribution in [0.4, 0.5) is 34.8 Å². The maximum absolute atomic E-state index is 15.0. The van der Waals surface area contributed by atoms with E-state index in [-0.39, 0.29) is 28.6 Å². The molecule has 0 aliphatic carbocycles. The van der Waals surface area contributed by atoms with Gasteiger partial charge in [0.1, 0.15) is 22.9 Å². The highest BCUT2D eigenvalue weighted by atomic mass is 35.5. The fourth-order valence-corrected chi connectivity index (χ4v) is 5.70. The summed E-state index contributed by atoms with van der Waals surface area (Å²) in [4.78, 5) is 10.6. The number of likely N-dealkylation sites (N-methyl/N-ethyl adjacent to an activating group) is 1. The first-order valence-electron chi connectivity index (χ1n) is 11.5. The Morgan fingerprint density at radius 2 is 1.92 bits per heavy atom. The Labute approximate surface area is 222 Å². The van der Waals surface area contributed by atoms with Gasteiger partial charge in [0.15, 0.2) is 0 Å². The van der Waals surface area contributed by atoms with Crippen LogP contribution in [0.5, 0.6) is 0 Å². The summed E-state index contributed by atoms with van der Waals surface area (Å²) in [5.74, 6) is -1.04. The van der Waals surface area contributed by atoms with Gasteiger partial charge in [0.2, 0.25) is 0 Å². The van der Waals surface area contributed by atoms with Gasteiger partial charge >= 0.3 is 6.18 Å². The van der Waals surface area contributed by atoms with Crippen molar-refractivity contribution in [3.05, 3.63) is 71.4 Å². The number of hydrogen-bond acceptors (Lipinski definition) is 7. The van der Waals surface area contributed by atoms with E-state index in [1.165, 1.54) is 18.3 Å². The molecule has 1 aliphatic rings. The Morgan fingerprint density at radius 3 is 2.58 bits per heavy atom. The van der Waals surface area contributed by atoms with Crippen LogP contribution in [-0.4, -0.2) is 62.6 Å². The number of benzene rings is 2. The molecule has 38 heavy (non-hydrogen) atoms. The summed E-state index contributed by atoms with van der Waals surface area (Å²) < 4.78 is 82.2. The molecule has 2 heterocycles. The lowest BCUT2D eigenvalue weighted by atomic mass is 9.97. The van der Waals surface area contributed by atoms with Gasteiger partial charge in [-0.2, -0.15) is 13.2 Å². The highest BCUT2D eigenvalue weighted by Gasteiger charge is 2.34. The monoisotopic (exact) mass is 572 g/mol. The molecule has 2 N–H and O–H groups in total. The second-order valence-electron chi connectivity index (χ2n) is 9.03. The number of aromatic nitrogens is 2. The molecule has 2 aromatic carbocycles. The lowest BCUT2D eigenvalue weighted by molar-refractivity contribution is -0.137. The van der Waals surface area contributed by atoms with Crippen molar-refractivity contribution >= 4 is 38.8 Å². The van der Waals surface area contributed by atoms with Crippen LogP contribution in [-0.2, 0) is 16.2 Å². The molecule has 2 atom stereocenters. The molecule has 1 saturated heterocycles. The first kappa shape index (κ1) is 27.9. The topological polar surface area (TPSA) is 90.5 Å². The van der Waals surface area contributed by atoms with E-state index < -0.39 is 32.5 Å². The Hall–Kier alpha value is -3.16. The van der Waals surface area contributed by atoms with Crippen LogP contribution in [0.15, 0.2) is 59.9 Å². The summed E-state index contributed by atoms with van der Waals surface area (Å²) >= 11 is 6.36. The molecule has 3 aromatic rings. The van der Waals surface area contributed by atoms with Crippen molar-refractivity contribution in [1.82, 2.24) is 14.9 Å². The molecule has 0 amide bonds. The van der Waals surface area contributed by atoms with Crippen molar-refractivity contribution < 1.29 is 26.0 Å². The normalized spacial score (nSPS) is 18.5. The minimum Gasteiger partial charge on any atom is -0.379 e. The summed E-state index contributed by atoms with van der Waals surface area (Å²) in [6.07, 6.45) is -1.46. The molecule has 1 unspecified atom stereocenters. The molecule has 0 radical (unpaired) electrons. The molecular formula is C24H25ClF4N6O2S. The van der Waals surface area contributed by atoms with Gasteiger partial charge < -0.3 is 15.1 Å². The molecule has 0 spiro atoms. The van der Waals surface area contributed by atoms with Crippen LogP contribution in [0.3, 0.4) is 0 Å². The molecule has 0 saturated carbocycles. The number of sulfonamides is 1. The maximum Gasteiger partial charge on any atom is 0.416 e. The minimum atomic E-state index is -4.44. The van der Waals surface area contributed by atoms with Crippen molar-refractivity contribution in [2.75, 3.05) is 42.1 Å². The lowest BCUT2D eigenvalue weighted by Gasteiger charge is -2.43. The molecule has 0 bridgehead atoms. The number of piperidine rings is 1. The lowest BCUT2D eigenvalue weighted by Crippen LogP contribution is -2.56. The largest absolute Gasteiger partial charge is 0.416 e. The van der Waals surface area contributed by atoms with Gasteiger partial charge in [0.25, 0.3) is 10.0 Å². The SMILES string of the molecule is CN(C)[C@H]1CN(c2cccc(C(F)(F)F)c2)CCC1Nc1cc(F)c(S(=O)(=O)Nc2ccncn2)cc1Cl. The van der Waals surface area contributed by atoms with Gasteiger partial charge in [-0.05, 0) is 56.9 Å². The van der Waals surface area contributed by atoms with Crippen LogP contribution in [0.2, 0.25) is 5.02 Å². The summed E-state index contributed by atoms with van der Waals surface area (Å²) in [7, 11) is -0.637. The third kappa shape index (κ3) is 6.27. The van der Waals surface area contributed by atoms with Crippen molar-refractivity contribution in [3.63, 3.8) is 0 Å². The number of nitrogens with zero attached hydrogens (tertiary/aromatic N) is 4. The number of alkyl halides is 3. The Kier molecular flexibility index (Phi) is 8.00. The highest BCUT2D eigenvalue weighted by molar-refractivity contribution is 7.92. The molecule has 8 nitrogen and oxygen atoms in total. The zero-order valence-corrected chi connectivity index (χ0v) is 21.9. The van der Waals surface area contributed by atoms with Crippen LogP contribution in [0, 0.1) is 5.82 Å². The summed E-state index contributed by atoms with van der Waals surface area (Å²) in [6, 6.07) is 8.10. The highest BCUT2D eigenvalue weighted by Crippen LogP contribution is 2.34. The van der Waals surface area contributed by atoms with E-state index in [4.69, 9.17) is 11.6 Å². The summed E-state index contributed by atoms with van der Waals surface area (Å²) in [6.45, 7) is 0.847. The van der Waals surface area contributed by atoms with E-state index >= 15 is 0 Å². The summed E-state index contributed by atoms with van der Waals surface area (Å²) in [5.41, 5.74) is -0.0578. The summed E-state index contributed by atoms with van der Waals surface area (Å²) in [5, 5.41) is 3.19. The number of hydrogen-bond donors (Lipinski definition) is 2. The quantitative estimate of drug-likeness (QED) is 0.396. The maximum atomic E-state index is 15.0. The first-order valence-corrected chi connectivity index (χ1v) is 13.3. The molecule has 1 fully saturated rings. The van der Waals surface area contributed by atoms with E-state index in [1.807, 2.05) is 23.9 Å². The van der Waals surface area contributed by atoms with Crippen LogP contribution in [0.25, 0.3) is 0 Å². The zero-order valence-electron chi connectivity index (χ0n) is 20.4. The van der Waals surface area contributed by atoms with Gasteiger partial charge in [-0.3, -0.25) is 4.72 Å². The van der Waals surface area contributed by atoms with Crippen molar-refractivity contribution in [1.29, 1.82) is 0 Å². The Balaban J connectivity index is 1.52. The number of nitrogens with one attached hydrogen (secondary N) is 2. The third-order valence-electron chi connectivity index (χ3n) is 6.26. The van der Waals surface area contributed by atoms with Gasteiger partial charge in [-0.1, -0.05) is 17.7 Å². The Morgan fingerprint density at radius 1 is 1.16 bits per heavy atom. The van der Waals surface area contributed by atoms with Crippen LogP contribution >= 0.6 is 11.6 Å². The fourth-order valence-electron chi connectivity index (χ4n) is 4.33. The second kappa shape index (κ2) is 10.9. The van der Waals surface area contributed by atoms with E-state index in [0.717, 1.165) is 30.6 Å². The number of halogens is 5. The van der Waals surface area contributed by atoms with E-state index in [1.54, 1.807) is 6.07 Å². The molecular weight excluding hydrogens is 548 g/mol. The van der Waals surface area contributed by atoms with Crippen molar-refractivity contribution in [2.24, 2.45) is 0 Å². The smallest absolute Gasteiger partial charge is 0.379 e. The fraction of sp³-hybridized carbons (Fsp3) is 0.333. The number of rotatable bonds is 7. The first-order chi connectivity index (χ1) is 17.8. The molecule has 1 aromatic heterocycles. The minimum absolute atomic E-state index is 0.00715. The average molecular weight is 573 g/mol. The zero-order chi connectivity index (χ0) is 27.7. The molecule has 204 valence electrons. The van der Waals surface area contributed by atoms with Crippen LogP contribution < -0.4 is 14.9 Å². The average Bonchev–Trinajstić information content (AvgIpc) is 2.86. The van der Waals surface area contributed by atoms with Crippen molar-refractivity contribution in [2.45, 2.75) is 29.6 Å². The van der Waals surface area contributed by atoms with Crippen LogP contribution in [0.1, 0.15) is 12.0 Å². The van der Waals surface area contributed by atoms with Gasteiger partial charge in [0.05, 0.1) is 16.3 Å². The molecule has 1 aliphatic heterocycles. The number of anilines is 3. The van der Waals surface area contributed by atoms with E-state index in [9.17, 15) is 26.0 Å². The standard InChI is InChI=1S/C24H25ClF4N6O2S/c1-34(2)21-13-35(16-5-3-4-15(10-16)24(27,28)29)9-7-19(21)32-20-12-18(26)22(11-17(20)25)38(36,37)33-23-6-8-30-14-31-23/h3-6,8,10-12,14,19,21,32H,7,9,13H2,1-2H3,(H,30,31,33)/t19?,21-/m0/s1. The van der Waals surface area contributed by atoms with Gasteiger partial charge in [-0.25, -0.2) is 22.8 Å². The molecule has 14 heteroatoms. The van der Waals surface area contributed by atoms with Gasteiger partial charge in [0, 0.05) is 37.1 Å². The van der Waals surface area contributed by atoms with E-state index in [2.05, 4.69) is 20.0 Å². The predicted octanol–water partition coefficient (Wildman–Crippen LogP) is 4.71.